The number of aryl methyl sites for hydroxylation is 1. The molecule has 2 N–H and O–H groups in total. The van der Waals surface area contributed by atoms with E-state index in [2.05, 4.69) is 20.5 Å². The maximum absolute atomic E-state index is 14.9. The van der Waals surface area contributed by atoms with Crippen LogP contribution in [0.4, 0.5) is 20.7 Å². The number of hydrogen-bond acceptors (Lipinski definition) is 5. The van der Waals surface area contributed by atoms with E-state index < -0.39 is 5.82 Å². The van der Waals surface area contributed by atoms with Crippen molar-refractivity contribution in [1.82, 2.24) is 15.3 Å². The minimum atomic E-state index is -0.444. The summed E-state index contributed by atoms with van der Waals surface area (Å²) in [5, 5.41) is 5.51. The van der Waals surface area contributed by atoms with Crippen LogP contribution >= 0.6 is 0 Å². The van der Waals surface area contributed by atoms with Crippen LogP contribution in [-0.4, -0.2) is 48.3 Å². The van der Waals surface area contributed by atoms with Gasteiger partial charge in [0.15, 0.2) is 5.82 Å². The van der Waals surface area contributed by atoms with Gasteiger partial charge in [-0.25, -0.2) is 19.2 Å². The number of anilines is 2. The van der Waals surface area contributed by atoms with E-state index in [4.69, 9.17) is 9.72 Å². The third-order valence-corrected chi connectivity index (χ3v) is 5.60. The van der Waals surface area contributed by atoms with Gasteiger partial charge < -0.3 is 20.3 Å². The molecule has 1 saturated carbocycles. The topological polar surface area (TPSA) is 79.4 Å². The Bertz CT molecular complexity index is 941. The fourth-order valence-corrected chi connectivity index (χ4v) is 3.92. The lowest BCUT2D eigenvalue weighted by Gasteiger charge is -2.29. The number of amides is 2. The van der Waals surface area contributed by atoms with E-state index in [9.17, 15) is 9.18 Å². The Morgan fingerprint density at radius 1 is 1.17 bits per heavy atom. The van der Waals surface area contributed by atoms with Gasteiger partial charge in [-0.1, -0.05) is 0 Å². The Balaban J connectivity index is 1.43. The smallest absolute Gasteiger partial charge is 0.319 e. The van der Waals surface area contributed by atoms with Crippen molar-refractivity contribution in [3.63, 3.8) is 0 Å². The second-order valence-electron chi connectivity index (χ2n) is 7.82. The Labute approximate surface area is 168 Å². The molecule has 8 heteroatoms. The molecule has 2 aliphatic carbocycles. The zero-order valence-corrected chi connectivity index (χ0v) is 16.2. The molecular formula is C21H24FN5O2. The van der Waals surface area contributed by atoms with Crippen LogP contribution < -0.4 is 15.5 Å². The fourth-order valence-electron chi connectivity index (χ4n) is 3.92. The molecule has 0 spiro atoms. The van der Waals surface area contributed by atoms with Crippen molar-refractivity contribution in [2.24, 2.45) is 0 Å². The van der Waals surface area contributed by atoms with E-state index in [1.54, 1.807) is 12.1 Å². The highest BCUT2D eigenvalue weighted by molar-refractivity contribution is 5.90. The summed E-state index contributed by atoms with van der Waals surface area (Å²) >= 11 is 0. The van der Waals surface area contributed by atoms with Crippen molar-refractivity contribution in [2.45, 2.75) is 38.1 Å². The van der Waals surface area contributed by atoms with Gasteiger partial charge in [0.1, 0.15) is 11.6 Å². The largest absolute Gasteiger partial charge is 0.378 e. The predicted octanol–water partition coefficient (Wildman–Crippen LogP) is 2.89. The van der Waals surface area contributed by atoms with Crippen molar-refractivity contribution in [1.29, 1.82) is 0 Å². The molecule has 0 radical (unpaired) electrons. The summed E-state index contributed by atoms with van der Waals surface area (Å²) in [5.74, 6) is 0.870. The highest BCUT2D eigenvalue weighted by atomic mass is 19.1. The van der Waals surface area contributed by atoms with Crippen molar-refractivity contribution in [3.05, 3.63) is 35.3 Å². The normalized spacial score (nSPS) is 18.4. The van der Waals surface area contributed by atoms with E-state index in [1.807, 2.05) is 0 Å². The van der Waals surface area contributed by atoms with Crippen LogP contribution in [0.2, 0.25) is 0 Å². The summed E-state index contributed by atoms with van der Waals surface area (Å²) in [6.45, 7) is 2.91. The van der Waals surface area contributed by atoms with E-state index in [0.717, 1.165) is 56.7 Å². The van der Waals surface area contributed by atoms with Crippen LogP contribution in [0.15, 0.2) is 18.2 Å². The van der Waals surface area contributed by atoms with Crippen LogP contribution in [0.5, 0.6) is 0 Å². The van der Waals surface area contributed by atoms with Gasteiger partial charge in [0.2, 0.25) is 0 Å². The van der Waals surface area contributed by atoms with Crippen LogP contribution in [0, 0.1) is 5.82 Å². The first-order valence-electron chi connectivity index (χ1n) is 10.3. The molecule has 152 valence electrons. The van der Waals surface area contributed by atoms with Gasteiger partial charge in [0, 0.05) is 36.1 Å². The van der Waals surface area contributed by atoms with Crippen molar-refractivity contribution in [2.75, 3.05) is 36.5 Å². The molecule has 1 aromatic heterocycles. The van der Waals surface area contributed by atoms with Gasteiger partial charge in [-0.05, 0) is 50.3 Å². The number of urea groups is 1. The Morgan fingerprint density at radius 2 is 2.00 bits per heavy atom. The monoisotopic (exact) mass is 397 g/mol. The van der Waals surface area contributed by atoms with Crippen molar-refractivity contribution in [3.8, 4) is 11.4 Å². The number of nitrogens with zero attached hydrogens (tertiary/aromatic N) is 3. The highest BCUT2D eigenvalue weighted by Gasteiger charge is 2.26. The van der Waals surface area contributed by atoms with Gasteiger partial charge in [-0.15, -0.1) is 0 Å². The van der Waals surface area contributed by atoms with Crippen LogP contribution in [0.25, 0.3) is 11.4 Å². The minimum absolute atomic E-state index is 0.248. The molecule has 29 heavy (non-hydrogen) atoms. The molecule has 2 amide bonds. The number of aromatic nitrogens is 2. The maximum Gasteiger partial charge on any atom is 0.319 e. The second kappa shape index (κ2) is 7.59. The number of rotatable bonds is 4. The molecule has 2 heterocycles. The third kappa shape index (κ3) is 3.89. The van der Waals surface area contributed by atoms with Crippen LogP contribution in [-0.2, 0) is 17.6 Å². The first-order chi connectivity index (χ1) is 14.2. The molecule has 1 saturated heterocycles. The summed E-state index contributed by atoms with van der Waals surface area (Å²) in [6.07, 6.45) is 4.91. The summed E-state index contributed by atoms with van der Waals surface area (Å²) in [5.41, 5.74) is 2.97. The van der Waals surface area contributed by atoms with Crippen molar-refractivity contribution < 1.29 is 13.9 Å². The van der Waals surface area contributed by atoms with Gasteiger partial charge in [-0.2, -0.15) is 0 Å². The van der Waals surface area contributed by atoms with E-state index in [0.29, 0.717) is 30.3 Å². The van der Waals surface area contributed by atoms with E-state index >= 15 is 0 Å². The molecule has 1 aliphatic heterocycles. The first-order valence-corrected chi connectivity index (χ1v) is 10.3. The zero-order valence-electron chi connectivity index (χ0n) is 16.2. The van der Waals surface area contributed by atoms with Crippen LogP contribution in [0.1, 0.15) is 30.5 Å². The summed E-state index contributed by atoms with van der Waals surface area (Å²) in [4.78, 5) is 23.5. The summed E-state index contributed by atoms with van der Waals surface area (Å²) in [6, 6.07) is 4.60. The molecule has 3 aliphatic rings. The molecule has 5 rings (SSSR count). The standard InChI is InChI=1S/C21H24FN5O2/c22-17-12-14(24-21(28)23-13-4-5-13)6-7-15(17)19-25-18-3-1-2-16(18)20(26-19)27-8-10-29-11-9-27/h6-7,12-13H,1-5,8-11H2,(H2,23,24,28). The second-order valence-corrected chi connectivity index (χ2v) is 7.82. The van der Waals surface area contributed by atoms with Gasteiger partial charge in [-0.3, -0.25) is 0 Å². The Hall–Kier alpha value is -2.74. The third-order valence-electron chi connectivity index (χ3n) is 5.60. The number of carbonyl (C=O) groups excluding carboxylic acids is 1. The molecule has 7 nitrogen and oxygen atoms in total. The lowest BCUT2D eigenvalue weighted by molar-refractivity contribution is 0.122. The summed E-state index contributed by atoms with van der Waals surface area (Å²) < 4.78 is 20.4. The number of carbonyl (C=O) groups is 1. The highest BCUT2D eigenvalue weighted by Crippen LogP contribution is 2.33. The molecule has 2 aromatic rings. The summed E-state index contributed by atoms with van der Waals surface area (Å²) in [7, 11) is 0. The first kappa shape index (κ1) is 18.3. The minimum Gasteiger partial charge on any atom is -0.378 e. The number of benzene rings is 1. The number of ether oxygens (including phenoxy) is 1. The Kier molecular flexibility index (Phi) is 4.79. The molecule has 2 fully saturated rings. The quantitative estimate of drug-likeness (QED) is 0.829. The fraction of sp³-hybridized carbons (Fsp3) is 0.476. The average Bonchev–Trinajstić information content (AvgIpc) is 3.40. The lowest BCUT2D eigenvalue weighted by atomic mass is 10.1. The maximum atomic E-state index is 14.9. The SMILES string of the molecule is O=C(Nc1ccc(-c2nc3c(c(N4CCOCC4)n2)CCC3)c(F)c1)NC1CC1. The number of halogens is 1. The van der Waals surface area contributed by atoms with E-state index in [1.165, 1.54) is 11.6 Å². The number of fused-ring (bicyclic) bond motifs is 1. The molecule has 0 bridgehead atoms. The molecule has 0 unspecified atom stereocenters. The van der Waals surface area contributed by atoms with Gasteiger partial charge in [0.25, 0.3) is 0 Å². The molecule has 1 aromatic carbocycles. The van der Waals surface area contributed by atoms with Gasteiger partial charge in [0.05, 0.1) is 18.8 Å². The average molecular weight is 397 g/mol. The number of hydrogen-bond donors (Lipinski definition) is 2. The van der Waals surface area contributed by atoms with Crippen molar-refractivity contribution >= 4 is 17.5 Å². The van der Waals surface area contributed by atoms with E-state index in [-0.39, 0.29) is 12.1 Å². The zero-order chi connectivity index (χ0) is 19.8. The van der Waals surface area contributed by atoms with Gasteiger partial charge >= 0.3 is 6.03 Å². The lowest BCUT2D eigenvalue weighted by Crippen LogP contribution is -2.37. The number of nitrogens with one attached hydrogen (secondary N) is 2. The predicted molar refractivity (Wildman–Crippen MR) is 108 cm³/mol. The molecule has 0 atom stereocenters. The molecular weight excluding hydrogens is 373 g/mol. The Morgan fingerprint density at radius 3 is 2.76 bits per heavy atom. The van der Waals surface area contributed by atoms with Crippen LogP contribution in [0.3, 0.4) is 0 Å². The number of morpholine rings is 1.